The predicted molar refractivity (Wildman–Crippen MR) is 270 cm³/mol. The Hall–Kier alpha value is -3.41. The van der Waals surface area contributed by atoms with Gasteiger partial charge in [0.1, 0.15) is 13.2 Å². The molecule has 1 atom stereocenters. The lowest BCUT2D eigenvalue weighted by atomic mass is 10.1. The molecule has 0 aromatic heterocycles. The van der Waals surface area contributed by atoms with Crippen molar-refractivity contribution in [3.8, 4) is 0 Å². The zero-order valence-corrected chi connectivity index (χ0v) is 41.1. The van der Waals surface area contributed by atoms with E-state index in [0.717, 1.165) is 89.9 Å². The Balaban J connectivity index is 4.47. The predicted octanol–water partition coefficient (Wildman–Crippen LogP) is 17.2. The molecular weight excluding hydrogens is 781 g/mol. The molecule has 6 heteroatoms. The average molecular weight is 877 g/mol. The van der Waals surface area contributed by atoms with Crippen LogP contribution < -0.4 is 0 Å². The van der Waals surface area contributed by atoms with Crippen molar-refractivity contribution in [2.45, 2.75) is 245 Å². The minimum Gasteiger partial charge on any atom is -0.462 e. The number of unbranched alkanes of at least 4 members (excludes halogenated alkanes) is 21. The largest absolute Gasteiger partial charge is 0.462 e. The molecule has 0 aliphatic carbocycles. The van der Waals surface area contributed by atoms with Gasteiger partial charge in [0.25, 0.3) is 0 Å². The second-order valence-electron chi connectivity index (χ2n) is 17.0. The fraction of sp³-hybridized carbons (Fsp3) is 0.702. The van der Waals surface area contributed by atoms with E-state index >= 15 is 0 Å². The van der Waals surface area contributed by atoms with Gasteiger partial charge in [-0.25, -0.2) is 0 Å². The zero-order chi connectivity index (χ0) is 45.8. The van der Waals surface area contributed by atoms with Gasteiger partial charge in [0.05, 0.1) is 0 Å². The second kappa shape index (κ2) is 51.2. The third-order valence-electron chi connectivity index (χ3n) is 10.9. The molecule has 0 aliphatic rings. The highest BCUT2D eigenvalue weighted by Gasteiger charge is 2.19. The monoisotopic (exact) mass is 877 g/mol. The Morgan fingerprint density at radius 1 is 0.333 bits per heavy atom. The summed E-state index contributed by atoms with van der Waals surface area (Å²) in [5.74, 6) is -0.976. The highest BCUT2D eigenvalue weighted by Crippen LogP contribution is 2.14. The molecule has 63 heavy (non-hydrogen) atoms. The van der Waals surface area contributed by atoms with Crippen molar-refractivity contribution in [2.24, 2.45) is 0 Å². The average Bonchev–Trinajstić information content (AvgIpc) is 3.28. The van der Waals surface area contributed by atoms with Gasteiger partial charge in [-0.05, 0) is 103 Å². The van der Waals surface area contributed by atoms with Gasteiger partial charge < -0.3 is 14.2 Å². The first-order valence-corrected chi connectivity index (χ1v) is 26.1. The Labute approximate surface area is 388 Å². The van der Waals surface area contributed by atoms with Crippen LogP contribution in [0.4, 0.5) is 0 Å². The lowest BCUT2D eigenvalue weighted by molar-refractivity contribution is -0.167. The van der Waals surface area contributed by atoms with Crippen LogP contribution in [0.3, 0.4) is 0 Å². The minimum absolute atomic E-state index is 0.101. The summed E-state index contributed by atoms with van der Waals surface area (Å²) in [6.45, 7) is 6.42. The van der Waals surface area contributed by atoms with Crippen LogP contribution in [0.1, 0.15) is 239 Å². The molecule has 0 amide bonds. The smallest absolute Gasteiger partial charge is 0.306 e. The molecule has 0 spiro atoms. The van der Waals surface area contributed by atoms with E-state index < -0.39 is 6.10 Å². The molecule has 0 bridgehead atoms. The molecular formula is C57H96O6. The molecule has 0 saturated heterocycles. The molecule has 0 aromatic carbocycles. The topological polar surface area (TPSA) is 78.9 Å². The molecule has 0 unspecified atom stereocenters. The van der Waals surface area contributed by atoms with E-state index in [0.29, 0.717) is 19.3 Å². The van der Waals surface area contributed by atoms with Gasteiger partial charge in [-0.1, -0.05) is 202 Å². The summed E-state index contributed by atoms with van der Waals surface area (Å²) < 4.78 is 16.7. The number of esters is 3. The maximum absolute atomic E-state index is 12.8. The number of rotatable bonds is 46. The van der Waals surface area contributed by atoms with Gasteiger partial charge in [0.15, 0.2) is 6.10 Å². The Bertz CT molecular complexity index is 1240. The van der Waals surface area contributed by atoms with E-state index in [9.17, 15) is 14.4 Å². The van der Waals surface area contributed by atoms with Crippen molar-refractivity contribution in [2.75, 3.05) is 13.2 Å². The van der Waals surface area contributed by atoms with Crippen molar-refractivity contribution in [1.82, 2.24) is 0 Å². The molecule has 360 valence electrons. The van der Waals surface area contributed by atoms with Crippen LogP contribution >= 0.6 is 0 Å². The van der Waals surface area contributed by atoms with Crippen LogP contribution in [0, 0.1) is 0 Å². The quantitative estimate of drug-likeness (QED) is 0.0262. The molecule has 0 radical (unpaired) electrons. The fourth-order valence-corrected chi connectivity index (χ4v) is 6.92. The van der Waals surface area contributed by atoms with Gasteiger partial charge in [-0.2, -0.15) is 0 Å². The van der Waals surface area contributed by atoms with Crippen LogP contribution in [0.25, 0.3) is 0 Å². The van der Waals surface area contributed by atoms with Crippen molar-refractivity contribution >= 4 is 17.9 Å². The van der Waals surface area contributed by atoms with Crippen molar-refractivity contribution in [3.63, 3.8) is 0 Å². The Morgan fingerprint density at radius 2 is 0.651 bits per heavy atom. The molecule has 0 N–H and O–H groups in total. The van der Waals surface area contributed by atoms with Crippen molar-refractivity contribution in [3.05, 3.63) is 85.1 Å². The van der Waals surface area contributed by atoms with Gasteiger partial charge in [-0.15, -0.1) is 0 Å². The van der Waals surface area contributed by atoms with Crippen LogP contribution in [-0.2, 0) is 28.6 Å². The molecule has 0 aromatic rings. The van der Waals surface area contributed by atoms with Crippen LogP contribution in [-0.4, -0.2) is 37.2 Å². The summed E-state index contributed by atoms with van der Waals surface area (Å²) in [5, 5.41) is 0. The van der Waals surface area contributed by atoms with Gasteiger partial charge in [-0.3, -0.25) is 14.4 Å². The number of carbonyl (C=O) groups excluding carboxylic acids is 3. The Morgan fingerprint density at radius 3 is 1.10 bits per heavy atom. The lowest BCUT2D eigenvalue weighted by Crippen LogP contribution is -2.30. The maximum atomic E-state index is 12.8. The fourth-order valence-electron chi connectivity index (χ4n) is 6.92. The van der Waals surface area contributed by atoms with Crippen molar-refractivity contribution < 1.29 is 28.6 Å². The summed E-state index contributed by atoms with van der Waals surface area (Å²) in [4.78, 5) is 37.9. The first kappa shape index (κ1) is 59.6. The SMILES string of the molecule is CC/C=C\C/C=C\C/C=C\C/C=C\C/C=C\CCCC(=O)OC[C@H](COC(=O)CCCCCCC/C=C\CCCC)OC(=O)CCCCCCCCC/C=C\CCCCCCCC. The standard InChI is InChI=1S/C57H96O6/c1-4-7-10-13-16-19-22-24-26-28-30-32-35-38-41-44-47-50-56(59)62-53-54(52-61-55(58)49-46-43-40-37-34-21-18-15-12-9-6-3)63-57(60)51-48-45-42-39-36-33-31-29-27-25-23-20-17-14-11-8-5-2/h7,10,15-16,18-19,24-27,30,32,38,41,54H,4-6,8-9,11-14,17,20-23,28-29,31,33-37,39-40,42-53H2,1-3H3/b10-7-,18-15-,19-16-,26-24-,27-25-,32-30-,41-38-/t54-/m0/s1. The zero-order valence-electron chi connectivity index (χ0n) is 41.1. The number of hydrogen-bond donors (Lipinski definition) is 0. The first-order chi connectivity index (χ1) is 31.0. The van der Waals surface area contributed by atoms with E-state index in [-0.39, 0.29) is 37.5 Å². The summed E-state index contributed by atoms with van der Waals surface area (Å²) >= 11 is 0. The van der Waals surface area contributed by atoms with Gasteiger partial charge in [0.2, 0.25) is 0 Å². The third-order valence-corrected chi connectivity index (χ3v) is 10.9. The molecule has 0 aliphatic heterocycles. The minimum atomic E-state index is -0.804. The van der Waals surface area contributed by atoms with Gasteiger partial charge >= 0.3 is 17.9 Å². The summed E-state index contributed by atoms with van der Waals surface area (Å²) in [6.07, 6.45) is 65.7. The van der Waals surface area contributed by atoms with Crippen LogP contribution in [0.15, 0.2) is 85.1 Å². The van der Waals surface area contributed by atoms with E-state index in [1.807, 2.05) is 0 Å². The number of ether oxygens (including phenoxy) is 3. The van der Waals surface area contributed by atoms with Crippen LogP contribution in [0.2, 0.25) is 0 Å². The molecule has 6 nitrogen and oxygen atoms in total. The number of carbonyl (C=O) groups is 3. The lowest BCUT2D eigenvalue weighted by Gasteiger charge is -2.18. The Kier molecular flexibility index (Phi) is 48.5. The van der Waals surface area contributed by atoms with E-state index in [1.165, 1.54) is 103 Å². The number of hydrogen-bond acceptors (Lipinski definition) is 6. The van der Waals surface area contributed by atoms with E-state index in [1.54, 1.807) is 0 Å². The van der Waals surface area contributed by atoms with Crippen LogP contribution in [0.5, 0.6) is 0 Å². The third kappa shape index (κ3) is 49.5. The molecule has 0 fully saturated rings. The summed E-state index contributed by atoms with van der Waals surface area (Å²) in [7, 11) is 0. The van der Waals surface area contributed by atoms with Crippen molar-refractivity contribution in [1.29, 1.82) is 0 Å². The normalized spacial score (nSPS) is 12.7. The first-order valence-electron chi connectivity index (χ1n) is 26.1. The highest BCUT2D eigenvalue weighted by atomic mass is 16.6. The molecule has 0 saturated carbocycles. The summed E-state index contributed by atoms with van der Waals surface area (Å²) in [6, 6.07) is 0. The maximum Gasteiger partial charge on any atom is 0.306 e. The van der Waals surface area contributed by atoms with Gasteiger partial charge in [0, 0.05) is 19.3 Å². The summed E-state index contributed by atoms with van der Waals surface area (Å²) in [5.41, 5.74) is 0. The molecule has 0 rings (SSSR count). The molecule has 0 heterocycles. The van der Waals surface area contributed by atoms with E-state index in [2.05, 4.69) is 106 Å². The highest BCUT2D eigenvalue weighted by molar-refractivity contribution is 5.71. The second-order valence-corrected chi connectivity index (χ2v) is 17.0. The number of allylic oxidation sites excluding steroid dienone is 14. The van der Waals surface area contributed by atoms with E-state index in [4.69, 9.17) is 14.2 Å².